The van der Waals surface area contributed by atoms with Crippen LogP contribution < -0.4 is 5.76 Å². The first-order valence-corrected chi connectivity index (χ1v) is 6.66. The van der Waals surface area contributed by atoms with Crippen LogP contribution in [0.25, 0.3) is 5.57 Å². The average Bonchev–Trinajstić information content (AvgIpc) is 2.69. The Morgan fingerprint density at radius 1 is 1.39 bits per heavy atom. The fourth-order valence-corrected chi connectivity index (χ4v) is 2.12. The number of halogens is 1. The summed E-state index contributed by atoms with van der Waals surface area (Å²) >= 11 is 3.53. The second kappa shape index (κ2) is 5.52. The molecule has 0 atom stereocenters. The first-order chi connectivity index (χ1) is 8.58. The Balaban J connectivity index is 2.44. The molecule has 2 rings (SSSR count). The lowest BCUT2D eigenvalue weighted by Crippen LogP contribution is -2.09. The van der Waals surface area contributed by atoms with Crippen molar-refractivity contribution in [3.63, 3.8) is 0 Å². The first kappa shape index (κ1) is 13.1. The Morgan fingerprint density at radius 3 is 2.78 bits per heavy atom. The van der Waals surface area contributed by atoms with Crippen molar-refractivity contribution in [3.05, 3.63) is 44.7 Å². The highest BCUT2D eigenvalue weighted by molar-refractivity contribution is 9.12. The molecule has 1 aliphatic carbocycles. The SMILES string of the molecule is CC1=CCCCC=C(c2nn(C)c(=O)o2)C=C1Br. The highest BCUT2D eigenvalue weighted by atomic mass is 79.9. The molecule has 1 aliphatic rings. The minimum absolute atomic E-state index is 0.370. The summed E-state index contributed by atoms with van der Waals surface area (Å²) in [6.45, 7) is 2.05. The zero-order valence-corrected chi connectivity index (χ0v) is 12.0. The molecule has 4 nitrogen and oxygen atoms in total. The third-order valence-corrected chi connectivity index (χ3v) is 3.67. The number of rotatable bonds is 1. The maximum absolute atomic E-state index is 11.3. The van der Waals surface area contributed by atoms with Gasteiger partial charge in [-0.2, -0.15) is 4.68 Å². The van der Waals surface area contributed by atoms with Gasteiger partial charge < -0.3 is 4.42 Å². The van der Waals surface area contributed by atoms with Crippen molar-refractivity contribution in [3.8, 4) is 0 Å². The van der Waals surface area contributed by atoms with Gasteiger partial charge in [0.05, 0.1) is 0 Å². The van der Waals surface area contributed by atoms with Crippen LogP contribution in [0.5, 0.6) is 0 Å². The molecule has 0 N–H and O–H groups in total. The summed E-state index contributed by atoms with van der Waals surface area (Å²) in [6, 6.07) is 0. The topological polar surface area (TPSA) is 48.0 Å². The normalized spacial score (nSPS) is 17.2. The van der Waals surface area contributed by atoms with E-state index in [9.17, 15) is 4.79 Å². The van der Waals surface area contributed by atoms with E-state index in [0.717, 1.165) is 29.3 Å². The third kappa shape index (κ3) is 2.90. The summed E-state index contributed by atoms with van der Waals surface area (Å²) in [6.07, 6.45) is 9.26. The molecule has 0 saturated carbocycles. The van der Waals surface area contributed by atoms with Crippen LogP contribution in [0.2, 0.25) is 0 Å². The van der Waals surface area contributed by atoms with Crippen molar-refractivity contribution in [1.82, 2.24) is 9.78 Å². The number of hydrogen-bond donors (Lipinski definition) is 0. The Labute approximate surface area is 114 Å². The molecule has 5 heteroatoms. The zero-order valence-electron chi connectivity index (χ0n) is 10.4. The van der Waals surface area contributed by atoms with Crippen LogP contribution in [0, 0.1) is 0 Å². The molecule has 0 aromatic carbocycles. The van der Waals surface area contributed by atoms with Gasteiger partial charge in [-0.05, 0) is 37.8 Å². The average molecular weight is 311 g/mol. The smallest absolute Gasteiger partial charge is 0.388 e. The fourth-order valence-electron chi connectivity index (χ4n) is 1.71. The molecule has 1 aromatic heterocycles. The number of allylic oxidation sites excluding steroid dienone is 6. The Morgan fingerprint density at radius 2 is 2.11 bits per heavy atom. The number of aromatic nitrogens is 2. The molecular weight excluding hydrogens is 296 g/mol. The van der Waals surface area contributed by atoms with Gasteiger partial charge in [0.2, 0.25) is 5.89 Å². The molecule has 0 spiro atoms. The van der Waals surface area contributed by atoms with Gasteiger partial charge in [0.25, 0.3) is 0 Å². The van der Waals surface area contributed by atoms with Crippen LogP contribution in [0.15, 0.2) is 37.5 Å². The van der Waals surface area contributed by atoms with E-state index in [2.05, 4.69) is 40.1 Å². The van der Waals surface area contributed by atoms with Crippen LogP contribution in [-0.2, 0) is 7.05 Å². The molecule has 0 aliphatic heterocycles. The molecule has 1 heterocycles. The van der Waals surface area contributed by atoms with Gasteiger partial charge in [0.1, 0.15) is 0 Å². The van der Waals surface area contributed by atoms with E-state index in [1.54, 1.807) is 7.05 Å². The van der Waals surface area contributed by atoms with E-state index in [-0.39, 0.29) is 0 Å². The van der Waals surface area contributed by atoms with Crippen molar-refractivity contribution < 1.29 is 4.42 Å². The number of aryl methyl sites for hydroxylation is 1. The summed E-state index contributed by atoms with van der Waals surface area (Å²) in [7, 11) is 1.58. The van der Waals surface area contributed by atoms with E-state index in [4.69, 9.17) is 4.42 Å². The lowest BCUT2D eigenvalue weighted by atomic mass is 10.1. The molecule has 1 aromatic rings. The minimum atomic E-state index is -0.442. The maximum Gasteiger partial charge on any atom is 0.437 e. The van der Waals surface area contributed by atoms with Crippen molar-refractivity contribution in [2.75, 3.05) is 0 Å². The highest BCUT2D eigenvalue weighted by Crippen LogP contribution is 2.25. The van der Waals surface area contributed by atoms with Crippen molar-refractivity contribution in [1.29, 1.82) is 0 Å². The fraction of sp³-hybridized carbons (Fsp3) is 0.385. The second-order valence-corrected chi connectivity index (χ2v) is 5.12. The number of nitrogens with zero attached hydrogens (tertiary/aromatic N) is 2. The van der Waals surface area contributed by atoms with E-state index < -0.39 is 5.76 Å². The largest absolute Gasteiger partial charge is 0.437 e. The van der Waals surface area contributed by atoms with Crippen LogP contribution in [0.1, 0.15) is 32.1 Å². The van der Waals surface area contributed by atoms with Gasteiger partial charge >= 0.3 is 5.76 Å². The van der Waals surface area contributed by atoms with E-state index in [0.29, 0.717) is 5.89 Å². The summed E-state index contributed by atoms with van der Waals surface area (Å²) in [5, 5.41) is 4.08. The Bertz CT molecular complexity index is 590. The highest BCUT2D eigenvalue weighted by Gasteiger charge is 2.11. The zero-order chi connectivity index (χ0) is 13.1. The van der Waals surface area contributed by atoms with Crippen molar-refractivity contribution in [2.24, 2.45) is 7.05 Å². The molecule has 96 valence electrons. The first-order valence-electron chi connectivity index (χ1n) is 5.87. The van der Waals surface area contributed by atoms with Crippen LogP contribution in [0.3, 0.4) is 0 Å². The summed E-state index contributed by atoms with van der Waals surface area (Å²) in [5.74, 6) is -0.0725. The standard InChI is InChI=1S/C13H15BrN2O2/c1-9-6-4-3-5-7-10(8-11(9)14)12-15-16(2)13(17)18-12/h6-8H,3-5H2,1-2H3. The lowest BCUT2D eigenvalue weighted by Gasteiger charge is -1.99. The molecular formula is C13H15BrN2O2. The van der Waals surface area contributed by atoms with Gasteiger partial charge in [-0.3, -0.25) is 0 Å². The quantitative estimate of drug-likeness (QED) is 0.800. The molecule has 0 saturated heterocycles. The van der Waals surface area contributed by atoms with Gasteiger partial charge in [0.15, 0.2) is 0 Å². The van der Waals surface area contributed by atoms with Gasteiger partial charge in [-0.15, -0.1) is 5.10 Å². The second-order valence-electron chi connectivity index (χ2n) is 4.27. The Hall–Kier alpha value is -1.36. The van der Waals surface area contributed by atoms with Gasteiger partial charge in [-0.1, -0.05) is 28.1 Å². The summed E-state index contributed by atoms with van der Waals surface area (Å²) < 4.78 is 7.31. The predicted octanol–water partition coefficient (Wildman–Crippen LogP) is 3.17. The molecule has 0 radical (unpaired) electrons. The van der Waals surface area contributed by atoms with E-state index >= 15 is 0 Å². The maximum atomic E-state index is 11.3. The lowest BCUT2D eigenvalue weighted by molar-refractivity contribution is 0.485. The minimum Gasteiger partial charge on any atom is -0.388 e. The third-order valence-electron chi connectivity index (χ3n) is 2.82. The Kier molecular flexibility index (Phi) is 4.01. The van der Waals surface area contributed by atoms with Crippen LogP contribution in [-0.4, -0.2) is 9.78 Å². The molecule has 0 unspecified atom stereocenters. The monoisotopic (exact) mass is 310 g/mol. The molecule has 0 bridgehead atoms. The van der Waals surface area contributed by atoms with E-state index in [1.165, 1.54) is 10.3 Å². The van der Waals surface area contributed by atoms with Crippen LogP contribution >= 0.6 is 15.9 Å². The van der Waals surface area contributed by atoms with Gasteiger partial charge in [0, 0.05) is 17.1 Å². The molecule has 0 fully saturated rings. The van der Waals surface area contributed by atoms with Crippen molar-refractivity contribution >= 4 is 21.5 Å². The van der Waals surface area contributed by atoms with Gasteiger partial charge in [-0.25, -0.2) is 4.79 Å². The summed E-state index contributed by atoms with van der Waals surface area (Å²) in [5.41, 5.74) is 2.02. The summed E-state index contributed by atoms with van der Waals surface area (Å²) in [4.78, 5) is 11.3. The molecule has 0 amide bonds. The van der Waals surface area contributed by atoms with Crippen LogP contribution in [0.4, 0.5) is 0 Å². The molecule has 18 heavy (non-hydrogen) atoms. The van der Waals surface area contributed by atoms with Crippen molar-refractivity contribution in [2.45, 2.75) is 26.2 Å². The predicted molar refractivity (Wildman–Crippen MR) is 74.3 cm³/mol. The number of hydrogen-bond acceptors (Lipinski definition) is 3. The van der Waals surface area contributed by atoms with E-state index in [1.807, 2.05) is 6.08 Å².